The highest BCUT2D eigenvalue weighted by Gasteiger charge is 2.24. The summed E-state index contributed by atoms with van der Waals surface area (Å²) in [6.45, 7) is 2.08. The van der Waals surface area contributed by atoms with Crippen LogP contribution in [0.15, 0.2) is 71.6 Å². The standard InChI is InChI=1S/C25H22N4S/c1-2-4-18-15-19(6-5-17(18)3-1)22-9-13-27-25-23(22)28-24(20-10-14-30-16-20)29(25)21-7-11-26-12-8-21/h1-6,9-10,13-16,21,26H,7-8,11-12H2. The van der Waals surface area contributed by atoms with Gasteiger partial charge in [0.15, 0.2) is 5.65 Å². The lowest BCUT2D eigenvalue weighted by Gasteiger charge is -2.25. The molecule has 0 bridgehead atoms. The predicted octanol–water partition coefficient (Wildman–Crippen LogP) is 5.90. The van der Waals surface area contributed by atoms with Crippen molar-refractivity contribution in [2.75, 3.05) is 13.1 Å². The third kappa shape index (κ3) is 2.93. The van der Waals surface area contributed by atoms with Gasteiger partial charge in [-0.1, -0.05) is 36.4 Å². The van der Waals surface area contributed by atoms with Gasteiger partial charge in [-0.3, -0.25) is 0 Å². The summed E-state index contributed by atoms with van der Waals surface area (Å²) in [5, 5.41) is 10.3. The average molecular weight is 411 g/mol. The van der Waals surface area contributed by atoms with Crippen molar-refractivity contribution in [1.29, 1.82) is 0 Å². The fraction of sp³-hybridized carbons (Fsp3) is 0.200. The fourth-order valence-corrected chi connectivity index (χ4v) is 5.22. The third-order valence-corrected chi connectivity index (χ3v) is 6.78. The topological polar surface area (TPSA) is 42.7 Å². The van der Waals surface area contributed by atoms with E-state index in [-0.39, 0.29) is 0 Å². The van der Waals surface area contributed by atoms with Crippen molar-refractivity contribution in [1.82, 2.24) is 19.9 Å². The number of imidazole rings is 1. The Morgan fingerprint density at radius 3 is 2.63 bits per heavy atom. The number of pyridine rings is 1. The zero-order valence-electron chi connectivity index (χ0n) is 16.6. The second-order valence-corrected chi connectivity index (χ2v) is 8.67. The van der Waals surface area contributed by atoms with Crippen LogP contribution in [0.1, 0.15) is 18.9 Å². The van der Waals surface area contributed by atoms with Crippen molar-refractivity contribution in [3.05, 3.63) is 71.6 Å². The van der Waals surface area contributed by atoms with E-state index in [1.54, 1.807) is 11.3 Å². The van der Waals surface area contributed by atoms with E-state index in [0.29, 0.717) is 6.04 Å². The first-order chi connectivity index (χ1) is 14.9. The summed E-state index contributed by atoms with van der Waals surface area (Å²) in [4.78, 5) is 9.99. The van der Waals surface area contributed by atoms with Gasteiger partial charge >= 0.3 is 0 Å². The Morgan fingerprint density at radius 2 is 1.80 bits per heavy atom. The molecule has 148 valence electrons. The molecule has 0 atom stereocenters. The summed E-state index contributed by atoms with van der Waals surface area (Å²) in [6.07, 6.45) is 4.14. The van der Waals surface area contributed by atoms with E-state index in [4.69, 9.17) is 9.97 Å². The minimum absolute atomic E-state index is 0.422. The molecule has 5 heteroatoms. The van der Waals surface area contributed by atoms with E-state index in [9.17, 15) is 0 Å². The molecule has 30 heavy (non-hydrogen) atoms. The van der Waals surface area contributed by atoms with Crippen LogP contribution in [0.2, 0.25) is 0 Å². The number of fused-ring (bicyclic) bond motifs is 2. The summed E-state index contributed by atoms with van der Waals surface area (Å²) in [6, 6.07) is 19.8. The average Bonchev–Trinajstić information content (AvgIpc) is 3.47. The van der Waals surface area contributed by atoms with Gasteiger partial charge in [-0.25, -0.2) is 9.97 Å². The molecule has 0 spiro atoms. The van der Waals surface area contributed by atoms with Crippen molar-refractivity contribution >= 4 is 33.3 Å². The zero-order chi connectivity index (χ0) is 19.9. The van der Waals surface area contributed by atoms with Gasteiger partial charge in [0.05, 0.1) is 0 Å². The van der Waals surface area contributed by atoms with Crippen molar-refractivity contribution < 1.29 is 0 Å². The third-order valence-electron chi connectivity index (χ3n) is 6.09. The number of thiophene rings is 1. The van der Waals surface area contributed by atoms with Crippen molar-refractivity contribution in [2.45, 2.75) is 18.9 Å². The first-order valence-corrected chi connectivity index (χ1v) is 11.4. The Morgan fingerprint density at radius 1 is 0.933 bits per heavy atom. The fourth-order valence-electron chi connectivity index (χ4n) is 4.59. The summed E-state index contributed by atoms with van der Waals surface area (Å²) in [7, 11) is 0. The Labute approximate surface area is 179 Å². The second kappa shape index (κ2) is 7.35. The highest BCUT2D eigenvalue weighted by Crippen LogP contribution is 2.36. The van der Waals surface area contributed by atoms with Crippen LogP contribution in [0.4, 0.5) is 0 Å². The zero-order valence-corrected chi connectivity index (χ0v) is 17.4. The number of hydrogen-bond donors (Lipinski definition) is 1. The van der Waals surface area contributed by atoms with E-state index in [1.165, 1.54) is 21.9 Å². The van der Waals surface area contributed by atoms with Gasteiger partial charge in [0.2, 0.25) is 0 Å². The van der Waals surface area contributed by atoms with Crippen LogP contribution in [-0.2, 0) is 0 Å². The minimum atomic E-state index is 0.422. The van der Waals surface area contributed by atoms with Gasteiger partial charge < -0.3 is 9.88 Å². The van der Waals surface area contributed by atoms with E-state index in [2.05, 4.69) is 75.2 Å². The quantitative estimate of drug-likeness (QED) is 0.402. The maximum atomic E-state index is 5.17. The number of hydrogen-bond acceptors (Lipinski definition) is 4. The van der Waals surface area contributed by atoms with Gasteiger partial charge in [0, 0.05) is 28.7 Å². The van der Waals surface area contributed by atoms with E-state index >= 15 is 0 Å². The number of nitrogens with one attached hydrogen (secondary N) is 1. The predicted molar refractivity (Wildman–Crippen MR) is 125 cm³/mol. The molecule has 0 aliphatic carbocycles. The summed E-state index contributed by atoms with van der Waals surface area (Å²) in [5.74, 6) is 1.04. The lowest BCUT2D eigenvalue weighted by Crippen LogP contribution is -2.29. The molecule has 0 amide bonds. The van der Waals surface area contributed by atoms with Crippen LogP contribution in [0.25, 0.3) is 44.5 Å². The highest BCUT2D eigenvalue weighted by molar-refractivity contribution is 7.08. The van der Waals surface area contributed by atoms with Crippen molar-refractivity contribution in [2.24, 2.45) is 0 Å². The lowest BCUT2D eigenvalue weighted by atomic mass is 10.0. The Hall–Kier alpha value is -3.02. The van der Waals surface area contributed by atoms with Gasteiger partial charge in [-0.15, -0.1) is 0 Å². The molecule has 1 aliphatic heterocycles. The molecular weight excluding hydrogens is 388 g/mol. The molecule has 0 unspecified atom stereocenters. The highest BCUT2D eigenvalue weighted by atomic mass is 32.1. The molecule has 1 N–H and O–H groups in total. The molecule has 2 aromatic carbocycles. The largest absolute Gasteiger partial charge is 0.317 e. The van der Waals surface area contributed by atoms with Crippen LogP contribution in [-0.4, -0.2) is 27.6 Å². The maximum absolute atomic E-state index is 5.17. The van der Waals surface area contributed by atoms with Gasteiger partial charge in [0.25, 0.3) is 0 Å². The number of nitrogens with zero attached hydrogens (tertiary/aromatic N) is 3. The monoisotopic (exact) mass is 410 g/mol. The molecule has 3 aromatic heterocycles. The second-order valence-electron chi connectivity index (χ2n) is 7.89. The molecule has 4 heterocycles. The Balaban J connectivity index is 1.59. The van der Waals surface area contributed by atoms with Gasteiger partial charge in [-0.05, 0) is 65.8 Å². The molecule has 0 radical (unpaired) electrons. The van der Waals surface area contributed by atoms with Crippen LogP contribution in [0, 0.1) is 0 Å². The SMILES string of the molecule is c1ccc2cc(-c3ccnc4c3nc(-c3ccsc3)n4C3CCNCC3)ccc2c1. The smallest absolute Gasteiger partial charge is 0.161 e. The van der Waals surface area contributed by atoms with E-state index in [1.807, 2.05) is 6.20 Å². The lowest BCUT2D eigenvalue weighted by molar-refractivity contribution is 0.376. The molecular formula is C25H22N4S. The molecule has 1 fully saturated rings. The molecule has 0 saturated carbocycles. The van der Waals surface area contributed by atoms with Crippen LogP contribution < -0.4 is 5.32 Å². The number of rotatable bonds is 3. The summed E-state index contributed by atoms with van der Waals surface area (Å²) in [5.41, 5.74) is 5.50. The van der Waals surface area contributed by atoms with Gasteiger partial charge in [0.1, 0.15) is 11.3 Å². The number of aromatic nitrogens is 3. The van der Waals surface area contributed by atoms with Gasteiger partial charge in [-0.2, -0.15) is 11.3 Å². The van der Waals surface area contributed by atoms with Crippen LogP contribution in [0.3, 0.4) is 0 Å². The molecule has 6 rings (SSSR count). The van der Waals surface area contributed by atoms with Crippen LogP contribution in [0.5, 0.6) is 0 Å². The molecule has 1 aliphatic rings. The minimum Gasteiger partial charge on any atom is -0.317 e. The van der Waals surface area contributed by atoms with Crippen molar-refractivity contribution in [3.63, 3.8) is 0 Å². The van der Waals surface area contributed by atoms with E-state index < -0.39 is 0 Å². The first-order valence-electron chi connectivity index (χ1n) is 10.5. The maximum Gasteiger partial charge on any atom is 0.161 e. The molecule has 4 nitrogen and oxygen atoms in total. The van der Waals surface area contributed by atoms with Crippen LogP contribution >= 0.6 is 11.3 Å². The molecule has 5 aromatic rings. The Kier molecular flexibility index (Phi) is 4.36. The summed E-state index contributed by atoms with van der Waals surface area (Å²) < 4.78 is 2.39. The first kappa shape index (κ1) is 17.8. The van der Waals surface area contributed by atoms with E-state index in [0.717, 1.165) is 48.5 Å². The van der Waals surface area contributed by atoms with Crippen molar-refractivity contribution in [3.8, 4) is 22.5 Å². The normalized spacial score (nSPS) is 15.2. The Bertz CT molecular complexity index is 1330. The summed E-state index contributed by atoms with van der Waals surface area (Å²) >= 11 is 1.72. The number of piperidine rings is 1. The number of benzene rings is 2. The molecule has 1 saturated heterocycles.